The zero-order chi connectivity index (χ0) is 24.3. The van der Waals surface area contributed by atoms with Crippen molar-refractivity contribution < 1.29 is 19.0 Å². The summed E-state index contributed by atoms with van der Waals surface area (Å²) in [5.74, 6) is 0.590. The largest absolute Gasteiger partial charge is 0.511 e. The van der Waals surface area contributed by atoms with Crippen LogP contribution in [0.25, 0.3) is 10.9 Å². The van der Waals surface area contributed by atoms with Gasteiger partial charge in [0.25, 0.3) is 0 Å². The van der Waals surface area contributed by atoms with Gasteiger partial charge >= 0.3 is 6.16 Å². The molecule has 0 amide bonds. The summed E-state index contributed by atoms with van der Waals surface area (Å²) in [6, 6.07) is 1.45. The van der Waals surface area contributed by atoms with Gasteiger partial charge in [-0.25, -0.2) is 9.18 Å². The average Bonchev–Trinajstić information content (AvgIpc) is 3.53. The van der Waals surface area contributed by atoms with Crippen LogP contribution in [0.4, 0.5) is 14.9 Å². The van der Waals surface area contributed by atoms with E-state index in [1.165, 1.54) is 12.3 Å². The number of pyridine rings is 1. The van der Waals surface area contributed by atoms with Gasteiger partial charge in [-0.3, -0.25) is 4.79 Å². The second-order valence-corrected chi connectivity index (χ2v) is 10.4. The van der Waals surface area contributed by atoms with Crippen LogP contribution in [0.5, 0.6) is 5.75 Å². The van der Waals surface area contributed by atoms with Gasteiger partial charge in [0.05, 0.1) is 27.8 Å². The molecule has 2 fully saturated rings. The van der Waals surface area contributed by atoms with E-state index in [4.69, 9.17) is 21.4 Å². The monoisotopic (exact) mass is 489 g/mol. The fourth-order valence-corrected chi connectivity index (χ4v) is 6.30. The van der Waals surface area contributed by atoms with Crippen LogP contribution in [0.15, 0.2) is 29.2 Å². The van der Waals surface area contributed by atoms with Crippen LogP contribution in [0.3, 0.4) is 0 Å². The predicted molar refractivity (Wildman–Crippen MR) is 130 cm³/mol. The minimum absolute atomic E-state index is 0.0309. The van der Waals surface area contributed by atoms with E-state index in [0.717, 1.165) is 12.8 Å². The van der Waals surface area contributed by atoms with Gasteiger partial charge in [0.15, 0.2) is 5.75 Å². The maximum Gasteiger partial charge on any atom is 0.511 e. The Labute approximate surface area is 202 Å². The molecule has 2 heterocycles. The second-order valence-electron chi connectivity index (χ2n) is 10.00. The van der Waals surface area contributed by atoms with Gasteiger partial charge in [0.2, 0.25) is 5.43 Å². The molecule has 1 aromatic heterocycles. The fourth-order valence-electron chi connectivity index (χ4n) is 5.89. The quantitative estimate of drug-likeness (QED) is 0.469. The number of carboxylic acid groups (broad SMARTS) is 1. The van der Waals surface area contributed by atoms with Crippen LogP contribution in [-0.4, -0.2) is 42.0 Å². The number of nitrogens with one attached hydrogen (secondary N) is 1. The van der Waals surface area contributed by atoms with Crippen LogP contribution in [0, 0.1) is 29.5 Å². The molecular weight excluding hydrogens is 461 g/mol. The van der Waals surface area contributed by atoms with E-state index in [9.17, 15) is 9.59 Å². The third kappa shape index (κ3) is 3.77. The Morgan fingerprint density at radius 2 is 1.97 bits per heavy atom. The summed E-state index contributed by atoms with van der Waals surface area (Å²) < 4.78 is 22.1. The molecule has 0 radical (unpaired) electrons. The number of fused-ring (bicyclic) bond motifs is 2. The number of anilines is 1. The number of benzene rings is 1. The molecule has 0 spiro atoms. The third-order valence-corrected chi connectivity index (χ3v) is 7.97. The molecule has 1 saturated carbocycles. The smallest absolute Gasteiger partial charge is 0.449 e. The molecular formula is C25H29ClFN3O4. The Kier molecular flexibility index (Phi) is 5.84. The molecule has 7 nitrogen and oxygen atoms in total. The molecule has 2 N–H and O–H groups in total. The third-order valence-electron chi connectivity index (χ3n) is 7.62. The van der Waals surface area contributed by atoms with Crippen molar-refractivity contribution in [2.75, 3.05) is 25.0 Å². The van der Waals surface area contributed by atoms with E-state index in [-0.39, 0.29) is 28.2 Å². The Hall–Kier alpha value is -2.58. The summed E-state index contributed by atoms with van der Waals surface area (Å²) in [6.07, 6.45) is 6.05. The van der Waals surface area contributed by atoms with E-state index in [0.29, 0.717) is 48.0 Å². The first-order chi connectivity index (χ1) is 16.2. The first kappa shape index (κ1) is 23.2. The highest BCUT2D eigenvalue weighted by Crippen LogP contribution is 2.46. The summed E-state index contributed by atoms with van der Waals surface area (Å²) in [7, 11) is 1.94. The van der Waals surface area contributed by atoms with Crippen molar-refractivity contribution in [1.29, 1.82) is 0 Å². The molecule has 4 atom stereocenters. The second kappa shape index (κ2) is 8.57. The van der Waals surface area contributed by atoms with Crippen molar-refractivity contribution in [1.82, 2.24) is 9.88 Å². The first-order valence-corrected chi connectivity index (χ1v) is 12.2. The lowest BCUT2D eigenvalue weighted by atomic mass is 9.71. The SMILES string of the molecule is CNC1C=CC(C(C)C)C2CN(c3c(F)cc4c(=O)c(OC(=O)O)cn(C5CC5)c4c3Cl)CC12. The summed E-state index contributed by atoms with van der Waals surface area (Å²) >= 11 is 6.87. The van der Waals surface area contributed by atoms with Crippen LogP contribution in [0.2, 0.25) is 5.02 Å². The van der Waals surface area contributed by atoms with Crippen LogP contribution < -0.4 is 20.4 Å². The predicted octanol–water partition coefficient (Wildman–Crippen LogP) is 4.67. The van der Waals surface area contributed by atoms with Gasteiger partial charge < -0.3 is 24.6 Å². The lowest BCUT2D eigenvalue weighted by Gasteiger charge is -2.36. The zero-order valence-electron chi connectivity index (χ0n) is 19.4. The van der Waals surface area contributed by atoms with Crippen molar-refractivity contribution >= 4 is 34.3 Å². The number of allylic oxidation sites excluding steroid dienone is 1. The first-order valence-electron chi connectivity index (χ1n) is 11.8. The van der Waals surface area contributed by atoms with E-state index in [1.807, 2.05) is 11.9 Å². The number of nitrogens with zero attached hydrogens (tertiary/aromatic N) is 2. The van der Waals surface area contributed by atoms with E-state index in [2.05, 4.69) is 31.3 Å². The van der Waals surface area contributed by atoms with Gasteiger partial charge in [-0.1, -0.05) is 37.6 Å². The fraction of sp³-hybridized carbons (Fsp3) is 0.520. The minimum atomic E-state index is -1.59. The maximum atomic E-state index is 15.6. The van der Waals surface area contributed by atoms with Crippen LogP contribution >= 0.6 is 11.6 Å². The Bertz CT molecular complexity index is 1240. The topological polar surface area (TPSA) is 83.8 Å². The van der Waals surface area contributed by atoms with Crippen molar-refractivity contribution in [2.24, 2.45) is 23.7 Å². The molecule has 4 unspecified atom stereocenters. The minimum Gasteiger partial charge on any atom is -0.449 e. The Morgan fingerprint density at radius 1 is 1.26 bits per heavy atom. The summed E-state index contributed by atoms with van der Waals surface area (Å²) in [4.78, 5) is 26.0. The number of hydrogen-bond donors (Lipinski definition) is 2. The number of hydrogen-bond acceptors (Lipinski definition) is 5. The van der Waals surface area contributed by atoms with Crippen molar-refractivity contribution in [3.8, 4) is 5.75 Å². The summed E-state index contributed by atoms with van der Waals surface area (Å²) in [6.45, 7) is 5.75. The highest BCUT2D eigenvalue weighted by Gasteiger charge is 2.44. The van der Waals surface area contributed by atoms with E-state index < -0.39 is 17.4 Å². The molecule has 2 aromatic rings. The van der Waals surface area contributed by atoms with Crippen LogP contribution in [-0.2, 0) is 0 Å². The normalized spacial score (nSPS) is 26.4. The van der Waals surface area contributed by atoms with Crippen LogP contribution in [0.1, 0.15) is 32.7 Å². The van der Waals surface area contributed by atoms with E-state index >= 15 is 4.39 Å². The molecule has 3 aliphatic rings. The number of rotatable bonds is 5. The van der Waals surface area contributed by atoms with Crippen molar-refractivity contribution in [3.05, 3.63) is 45.5 Å². The van der Waals surface area contributed by atoms with Gasteiger partial charge in [-0.2, -0.15) is 0 Å². The Morgan fingerprint density at radius 3 is 2.59 bits per heavy atom. The zero-order valence-corrected chi connectivity index (χ0v) is 20.2. The van der Waals surface area contributed by atoms with Crippen molar-refractivity contribution in [3.63, 3.8) is 0 Å². The van der Waals surface area contributed by atoms with Gasteiger partial charge in [-0.05, 0) is 43.7 Å². The molecule has 1 saturated heterocycles. The molecule has 34 heavy (non-hydrogen) atoms. The molecule has 9 heteroatoms. The maximum absolute atomic E-state index is 15.6. The summed E-state index contributed by atoms with van der Waals surface area (Å²) in [5.41, 5.74) is 0.0552. The number of ether oxygens (including phenoxy) is 1. The highest BCUT2D eigenvalue weighted by molar-refractivity contribution is 6.38. The lowest BCUT2D eigenvalue weighted by Crippen LogP contribution is -2.42. The average molecular weight is 490 g/mol. The number of likely N-dealkylation sites (N-methyl/N-ethyl adjacent to an activating group) is 1. The number of carbonyl (C=O) groups is 1. The lowest BCUT2D eigenvalue weighted by molar-refractivity contribution is 0.143. The van der Waals surface area contributed by atoms with E-state index in [1.54, 1.807) is 4.57 Å². The highest BCUT2D eigenvalue weighted by atomic mass is 35.5. The molecule has 2 aliphatic carbocycles. The molecule has 5 rings (SSSR count). The number of aromatic nitrogens is 1. The molecule has 1 aromatic carbocycles. The number of halogens is 2. The summed E-state index contributed by atoms with van der Waals surface area (Å²) in [5, 5.41) is 12.6. The van der Waals surface area contributed by atoms with Gasteiger partial charge in [0.1, 0.15) is 5.82 Å². The van der Waals surface area contributed by atoms with Gasteiger partial charge in [0, 0.05) is 31.1 Å². The molecule has 182 valence electrons. The standard InChI is InChI=1S/C25H29ClFN3O4/c1-12(2)14-6-7-19(28-3)17-10-29(9-16(14)17)23-18(27)8-15-22(21(23)26)30(13-4-5-13)11-20(24(15)31)34-25(32)33/h6-8,11-14,16-17,19,28H,4-5,9-10H2,1-3H3,(H,32,33). The van der Waals surface area contributed by atoms with Crippen molar-refractivity contribution in [2.45, 2.75) is 38.8 Å². The van der Waals surface area contributed by atoms with Gasteiger partial charge in [-0.15, -0.1) is 0 Å². The molecule has 0 bridgehead atoms. The Balaban J connectivity index is 1.62. The molecule has 1 aliphatic heterocycles.